The van der Waals surface area contributed by atoms with Crippen molar-refractivity contribution in [2.75, 3.05) is 31.1 Å². The van der Waals surface area contributed by atoms with E-state index in [0.717, 1.165) is 21.3 Å². The molecule has 2 aromatic carbocycles. The number of benzene rings is 2. The molecule has 0 spiro atoms. The van der Waals surface area contributed by atoms with Crippen molar-refractivity contribution in [1.29, 1.82) is 0 Å². The SMILES string of the molecule is Cc1cccc(Cn2c(N3CCN(C(=O)/C=C/c4ccccc4)CC3)nc3c2c(=O)n(C)c(=O)n3C)c1. The molecule has 9 heteroatoms. The molecule has 2 aromatic heterocycles. The summed E-state index contributed by atoms with van der Waals surface area (Å²) < 4.78 is 4.44. The minimum Gasteiger partial charge on any atom is -0.339 e. The number of carbonyl (C=O) groups excluding carboxylic acids is 1. The number of aryl methyl sites for hydroxylation is 2. The maximum absolute atomic E-state index is 13.2. The number of hydrogen-bond donors (Lipinski definition) is 0. The molecule has 0 saturated carbocycles. The molecule has 5 rings (SSSR count). The maximum Gasteiger partial charge on any atom is 0.332 e. The highest BCUT2D eigenvalue weighted by Crippen LogP contribution is 2.23. The first-order valence-corrected chi connectivity index (χ1v) is 12.3. The normalized spacial score (nSPS) is 14.1. The summed E-state index contributed by atoms with van der Waals surface area (Å²) in [4.78, 5) is 47.3. The number of piperazine rings is 1. The van der Waals surface area contributed by atoms with Crippen molar-refractivity contribution in [2.45, 2.75) is 13.5 Å². The number of rotatable bonds is 5. The van der Waals surface area contributed by atoms with E-state index in [9.17, 15) is 14.4 Å². The number of aromatic nitrogens is 4. The lowest BCUT2D eigenvalue weighted by Crippen LogP contribution is -2.49. The van der Waals surface area contributed by atoms with Gasteiger partial charge in [-0.2, -0.15) is 4.98 Å². The predicted octanol–water partition coefficient (Wildman–Crippen LogP) is 2.15. The predicted molar refractivity (Wildman–Crippen MR) is 145 cm³/mol. The van der Waals surface area contributed by atoms with E-state index in [1.54, 1.807) is 13.1 Å². The van der Waals surface area contributed by atoms with Crippen molar-refractivity contribution in [3.63, 3.8) is 0 Å². The third-order valence-corrected chi connectivity index (χ3v) is 6.84. The second kappa shape index (κ2) is 9.93. The van der Waals surface area contributed by atoms with Gasteiger partial charge < -0.3 is 9.80 Å². The molecule has 0 atom stereocenters. The number of imidazole rings is 1. The van der Waals surface area contributed by atoms with E-state index in [1.807, 2.05) is 71.0 Å². The topological polar surface area (TPSA) is 85.4 Å². The van der Waals surface area contributed by atoms with Crippen LogP contribution in [0.5, 0.6) is 0 Å². The van der Waals surface area contributed by atoms with Crippen molar-refractivity contribution < 1.29 is 4.79 Å². The summed E-state index contributed by atoms with van der Waals surface area (Å²) in [5, 5.41) is 0. The molecule has 0 bridgehead atoms. The van der Waals surface area contributed by atoms with Crippen LogP contribution in [0, 0.1) is 6.92 Å². The zero-order valence-electron chi connectivity index (χ0n) is 21.3. The zero-order chi connectivity index (χ0) is 26.1. The second-order valence-corrected chi connectivity index (χ2v) is 9.42. The van der Waals surface area contributed by atoms with Crippen LogP contribution in [-0.2, 0) is 25.4 Å². The van der Waals surface area contributed by atoms with Crippen LogP contribution in [0.2, 0.25) is 0 Å². The Morgan fingerprint density at radius 3 is 2.38 bits per heavy atom. The zero-order valence-corrected chi connectivity index (χ0v) is 21.3. The van der Waals surface area contributed by atoms with Crippen molar-refractivity contribution in [1.82, 2.24) is 23.6 Å². The monoisotopic (exact) mass is 498 g/mol. The van der Waals surface area contributed by atoms with E-state index in [4.69, 9.17) is 4.98 Å². The summed E-state index contributed by atoms with van der Waals surface area (Å²) in [7, 11) is 3.12. The van der Waals surface area contributed by atoms with Gasteiger partial charge in [-0.05, 0) is 24.1 Å². The van der Waals surface area contributed by atoms with E-state index in [-0.39, 0.29) is 11.5 Å². The third-order valence-electron chi connectivity index (χ3n) is 6.84. The fourth-order valence-corrected chi connectivity index (χ4v) is 4.78. The van der Waals surface area contributed by atoms with Gasteiger partial charge in [0.15, 0.2) is 11.2 Å². The molecule has 0 aliphatic carbocycles. The molecule has 0 unspecified atom stereocenters. The van der Waals surface area contributed by atoms with Crippen molar-refractivity contribution >= 4 is 29.1 Å². The molecule has 1 saturated heterocycles. The fraction of sp³-hybridized carbons (Fsp3) is 0.286. The summed E-state index contributed by atoms with van der Waals surface area (Å²) >= 11 is 0. The van der Waals surface area contributed by atoms with Gasteiger partial charge in [-0.15, -0.1) is 0 Å². The molecule has 3 heterocycles. The average Bonchev–Trinajstić information content (AvgIpc) is 3.29. The molecule has 1 amide bonds. The Balaban J connectivity index is 1.45. The minimum atomic E-state index is -0.412. The Labute approximate surface area is 214 Å². The van der Waals surface area contributed by atoms with Gasteiger partial charge in [0.25, 0.3) is 5.56 Å². The molecule has 1 fully saturated rings. The highest BCUT2D eigenvalue weighted by molar-refractivity contribution is 5.92. The van der Waals surface area contributed by atoms with Gasteiger partial charge >= 0.3 is 5.69 Å². The molecule has 1 aliphatic rings. The highest BCUT2D eigenvalue weighted by Gasteiger charge is 2.26. The summed E-state index contributed by atoms with van der Waals surface area (Å²) in [6.07, 6.45) is 3.43. The van der Waals surface area contributed by atoms with E-state index in [2.05, 4.69) is 11.0 Å². The fourth-order valence-electron chi connectivity index (χ4n) is 4.78. The van der Waals surface area contributed by atoms with Crippen LogP contribution in [0.15, 0.2) is 70.3 Å². The first-order valence-electron chi connectivity index (χ1n) is 12.3. The van der Waals surface area contributed by atoms with Crippen LogP contribution in [0.1, 0.15) is 16.7 Å². The maximum atomic E-state index is 13.2. The van der Waals surface area contributed by atoms with E-state index < -0.39 is 5.69 Å². The Hall–Kier alpha value is -4.40. The minimum absolute atomic E-state index is 0.0342. The van der Waals surface area contributed by atoms with Crippen molar-refractivity contribution in [3.8, 4) is 0 Å². The van der Waals surface area contributed by atoms with Gasteiger partial charge in [0.1, 0.15) is 0 Å². The number of hydrogen-bond acceptors (Lipinski definition) is 5. The first-order chi connectivity index (χ1) is 17.8. The lowest BCUT2D eigenvalue weighted by Gasteiger charge is -2.35. The van der Waals surface area contributed by atoms with Crippen LogP contribution >= 0.6 is 0 Å². The number of carbonyl (C=O) groups is 1. The summed E-state index contributed by atoms with van der Waals surface area (Å²) in [6, 6.07) is 17.9. The smallest absolute Gasteiger partial charge is 0.332 e. The molecule has 1 aliphatic heterocycles. The largest absolute Gasteiger partial charge is 0.339 e. The summed E-state index contributed by atoms with van der Waals surface area (Å²) in [5.41, 5.74) is 3.11. The molecule has 9 nitrogen and oxygen atoms in total. The van der Waals surface area contributed by atoms with Gasteiger partial charge in [0.2, 0.25) is 11.9 Å². The molecular weight excluding hydrogens is 468 g/mol. The Morgan fingerprint density at radius 1 is 0.946 bits per heavy atom. The quantitative estimate of drug-likeness (QED) is 0.394. The number of nitrogens with zero attached hydrogens (tertiary/aromatic N) is 6. The molecular formula is C28H30N6O3. The Kier molecular flexibility index (Phi) is 6.52. The molecule has 0 radical (unpaired) electrons. The van der Waals surface area contributed by atoms with E-state index in [1.165, 1.54) is 11.6 Å². The van der Waals surface area contributed by atoms with Gasteiger partial charge in [0.05, 0.1) is 6.54 Å². The third kappa shape index (κ3) is 4.72. The molecule has 190 valence electrons. The Morgan fingerprint density at radius 2 is 1.68 bits per heavy atom. The van der Waals surface area contributed by atoms with Crippen LogP contribution in [-0.4, -0.2) is 55.7 Å². The lowest BCUT2D eigenvalue weighted by atomic mass is 10.1. The molecule has 0 N–H and O–H groups in total. The van der Waals surface area contributed by atoms with Gasteiger partial charge in [0, 0.05) is 46.4 Å². The van der Waals surface area contributed by atoms with Crippen molar-refractivity contribution in [2.24, 2.45) is 14.1 Å². The number of anilines is 1. The Bertz CT molecular complexity index is 1600. The molecule has 37 heavy (non-hydrogen) atoms. The lowest BCUT2D eigenvalue weighted by molar-refractivity contribution is -0.126. The standard InChI is InChI=1S/C28H30N6O3/c1-20-8-7-11-22(18-20)19-34-24-25(30(2)28(37)31(3)26(24)36)29-27(34)33-16-14-32(15-17-33)23(35)13-12-21-9-5-4-6-10-21/h4-13,18H,14-17,19H2,1-3H3/b13-12+. The van der Waals surface area contributed by atoms with Gasteiger partial charge in [-0.25, -0.2) is 4.79 Å². The van der Waals surface area contributed by atoms with E-state index in [0.29, 0.717) is 49.8 Å². The highest BCUT2D eigenvalue weighted by atomic mass is 16.2. The summed E-state index contributed by atoms with van der Waals surface area (Å²) in [6.45, 7) is 4.67. The van der Waals surface area contributed by atoms with E-state index >= 15 is 0 Å². The number of fused-ring (bicyclic) bond motifs is 1. The number of amides is 1. The van der Waals surface area contributed by atoms with Crippen LogP contribution in [0.4, 0.5) is 5.95 Å². The van der Waals surface area contributed by atoms with Crippen LogP contribution < -0.4 is 16.1 Å². The first kappa shape index (κ1) is 24.3. The summed E-state index contributed by atoms with van der Waals surface area (Å²) in [5.74, 6) is 0.592. The van der Waals surface area contributed by atoms with Gasteiger partial charge in [-0.1, -0.05) is 60.2 Å². The molecule has 4 aromatic rings. The van der Waals surface area contributed by atoms with Crippen molar-refractivity contribution in [3.05, 3.63) is 98.2 Å². The van der Waals surface area contributed by atoms with Crippen LogP contribution in [0.25, 0.3) is 17.2 Å². The second-order valence-electron chi connectivity index (χ2n) is 9.42. The average molecular weight is 499 g/mol. The van der Waals surface area contributed by atoms with Crippen LogP contribution in [0.3, 0.4) is 0 Å². The van der Waals surface area contributed by atoms with Gasteiger partial charge in [-0.3, -0.25) is 23.3 Å².